The lowest BCUT2D eigenvalue weighted by Gasteiger charge is -2.63. The number of hydrogen-bond acceptors (Lipinski definition) is 4. The number of carbonyl (C=O) groups excluding carboxylic acids is 1. The summed E-state index contributed by atoms with van der Waals surface area (Å²) in [6, 6.07) is 1.92. The molecule has 2 unspecified atom stereocenters. The Morgan fingerprint density at radius 1 is 1.39 bits per heavy atom. The van der Waals surface area contributed by atoms with Crippen molar-refractivity contribution < 1.29 is 19.4 Å². The first-order chi connectivity index (χ1) is 13.1. The van der Waals surface area contributed by atoms with Gasteiger partial charge in [0.25, 0.3) is 0 Å². The second-order valence-electron chi connectivity index (χ2n) is 9.71. The summed E-state index contributed by atoms with van der Waals surface area (Å²) in [6.45, 7) is 10.7. The van der Waals surface area contributed by atoms with Gasteiger partial charge in [0, 0.05) is 17.4 Å². The second-order valence-corrected chi connectivity index (χ2v) is 9.71. The van der Waals surface area contributed by atoms with E-state index in [0.29, 0.717) is 17.4 Å². The van der Waals surface area contributed by atoms with Crippen LogP contribution in [0, 0.1) is 24.2 Å². The summed E-state index contributed by atoms with van der Waals surface area (Å²) in [4.78, 5) is 12.3. The van der Waals surface area contributed by atoms with E-state index >= 15 is 0 Å². The summed E-state index contributed by atoms with van der Waals surface area (Å²) >= 11 is 0. The van der Waals surface area contributed by atoms with Crippen LogP contribution in [-0.4, -0.2) is 23.8 Å². The fourth-order valence-corrected chi connectivity index (χ4v) is 6.48. The first-order valence-corrected chi connectivity index (χ1v) is 10.4. The number of allylic oxidation sites excluding steroid dienone is 2. The molecule has 5 atom stereocenters. The Bertz CT molecular complexity index is 866. The molecule has 0 spiro atoms. The summed E-state index contributed by atoms with van der Waals surface area (Å²) < 4.78 is 11.4. The molecule has 0 amide bonds. The van der Waals surface area contributed by atoms with Gasteiger partial charge in [0.15, 0.2) is 0 Å². The van der Waals surface area contributed by atoms with Crippen molar-refractivity contribution >= 4 is 5.97 Å². The third-order valence-corrected chi connectivity index (χ3v) is 7.79. The van der Waals surface area contributed by atoms with Gasteiger partial charge in [0.05, 0.1) is 7.11 Å². The zero-order valence-corrected chi connectivity index (χ0v) is 17.9. The van der Waals surface area contributed by atoms with Crippen LogP contribution in [0.25, 0.3) is 0 Å². The monoisotopic (exact) mass is 384 g/mol. The van der Waals surface area contributed by atoms with Gasteiger partial charge in [-0.05, 0) is 76.3 Å². The number of carbonyl (C=O) groups is 1. The maximum Gasteiger partial charge on any atom is 0.341 e. The molecule has 1 aromatic rings. The molecular formula is C24H32O4. The molecule has 0 radical (unpaired) electrons. The van der Waals surface area contributed by atoms with Crippen molar-refractivity contribution in [3.63, 3.8) is 0 Å². The van der Waals surface area contributed by atoms with Crippen LogP contribution in [0.1, 0.15) is 80.8 Å². The minimum Gasteiger partial charge on any atom is -0.507 e. The average molecular weight is 385 g/mol. The average Bonchev–Trinajstić information content (AvgIpc) is 2.94. The van der Waals surface area contributed by atoms with Crippen molar-refractivity contribution in [2.75, 3.05) is 7.11 Å². The van der Waals surface area contributed by atoms with Crippen LogP contribution in [0.4, 0.5) is 0 Å². The number of benzene rings is 1. The number of hydrogen-bond donors (Lipinski definition) is 1. The summed E-state index contributed by atoms with van der Waals surface area (Å²) in [5, 5.41) is 11.2. The van der Waals surface area contributed by atoms with Gasteiger partial charge in [0.2, 0.25) is 0 Å². The van der Waals surface area contributed by atoms with Crippen molar-refractivity contribution in [1.29, 1.82) is 0 Å². The van der Waals surface area contributed by atoms with Gasteiger partial charge < -0.3 is 14.6 Å². The lowest BCUT2D eigenvalue weighted by atomic mass is 9.43. The van der Waals surface area contributed by atoms with Gasteiger partial charge in [-0.25, -0.2) is 4.79 Å². The van der Waals surface area contributed by atoms with E-state index in [9.17, 15) is 9.90 Å². The lowest BCUT2D eigenvalue weighted by Crippen LogP contribution is -2.60. The first-order valence-electron chi connectivity index (χ1n) is 10.4. The molecule has 2 fully saturated rings. The number of aromatic hydroxyl groups is 1. The number of phenols is 1. The normalized spacial score (nSPS) is 34.6. The molecule has 2 saturated carbocycles. The second kappa shape index (κ2) is 6.27. The molecule has 2 aliphatic carbocycles. The Morgan fingerprint density at radius 3 is 2.75 bits per heavy atom. The summed E-state index contributed by atoms with van der Waals surface area (Å²) in [5.41, 5.74) is 3.07. The largest absolute Gasteiger partial charge is 0.507 e. The van der Waals surface area contributed by atoms with E-state index < -0.39 is 5.97 Å². The van der Waals surface area contributed by atoms with Crippen molar-refractivity contribution in [3.05, 3.63) is 34.4 Å². The summed E-state index contributed by atoms with van der Waals surface area (Å²) in [6.07, 6.45) is 6.65. The van der Waals surface area contributed by atoms with Crippen molar-refractivity contribution in [2.45, 2.75) is 71.8 Å². The van der Waals surface area contributed by atoms with Gasteiger partial charge >= 0.3 is 5.97 Å². The Kier molecular flexibility index (Phi) is 4.33. The van der Waals surface area contributed by atoms with Crippen molar-refractivity contribution in [2.24, 2.45) is 17.3 Å². The van der Waals surface area contributed by atoms with Crippen molar-refractivity contribution in [3.8, 4) is 11.5 Å². The third kappa shape index (κ3) is 2.46. The molecule has 1 aromatic carbocycles. The van der Waals surface area contributed by atoms with E-state index in [2.05, 4.69) is 33.8 Å². The number of methoxy groups -OCH3 is 1. The van der Waals surface area contributed by atoms with Gasteiger partial charge in [-0.15, -0.1) is 0 Å². The van der Waals surface area contributed by atoms with Crippen molar-refractivity contribution in [1.82, 2.24) is 0 Å². The van der Waals surface area contributed by atoms with E-state index in [1.807, 2.05) is 13.0 Å². The Labute approximate surface area is 167 Å². The van der Waals surface area contributed by atoms with E-state index in [1.165, 1.54) is 19.1 Å². The van der Waals surface area contributed by atoms with E-state index in [1.54, 1.807) is 0 Å². The van der Waals surface area contributed by atoms with E-state index in [-0.39, 0.29) is 28.2 Å². The van der Waals surface area contributed by atoms with E-state index in [0.717, 1.165) is 30.6 Å². The molecule has 4 rings (SSSR count). The van der Waals surface area contributed by atoms with Crippen LogP contribution in [-0.2, 0) is 4.74 Å². The zero-order chi connectivity index (χ0) is 20.4. The Balaban J connectivity index is 1.83. The lowest BCUT2D eigenvalue weighted by molar-refractivity contribution is -0.133. The number of ether oxygens (including phenoxy) is 2. The standard InChI is InChI=1S/C24H32O4/c1-13(2)8-7-10-23(4)15-9-11-24(5)19(15)20(23)18-16(28-24)12-14(3)17(21(18)25)22(26)27-6/h8,12,15,19-20,25H,7,9-11H2,1-6H3/t15?,19-,20-,23?,24-/m0/s1. The van der Waals surface area contributed by atoms with Crippen LogP contribution in [0.15, 0.2) is 17.7 Å². The molecule has 152 valence electrons. The minimum atomic E-state index is -0.486. The summed E-state index contributed by atoms with van der Waals surface area (Å²) in [7, 11) is 1.36. The molecule has 1 N–H and O–H groups in total. The van der Waals surface area contributed by atoms with Crippen LogP contribution < -0.4 is 4.74 Å². The fourth-order valence-electron chi connectivity index (χ4n) is 6.48. The first kappa shape index (κ1) is 19.4. The molecule has 4 heteroatoms. The highest BCUT2D eigenvalue weighted by atomic mass is 16.5. The molecule has 28 heavy (non-hydrogen) atoms. The van der Waals surface area contributed by atoms with Gasteiger partial charge in [0.1, 0.15) is 22.7 Å². The Hall–Kier alpha value is -1.97. The van der Waals surface area contributed by atoms with Gasteiger partial charge in [-0.2, -0.15) is 0 Å². The summed E-state index contributed by atoms with van der Waals surface area (Å²) in [5.74, 6) is 1.54. The smallest absolute Gasteiger partial charge is 0.341 e. The number of rotatable bonds is 4. The highest BCUT2D eigenvalue weighted by Crippen LogP contribution is 2.75. The predicted octanol–water partition coefficient (Wildman–Crippen LogP) is 5.51. The van der Waals surface area contributed by atoms with Crippen LogP contribution >= 0.6 is 0 Å². The van der Waals surface area contributed by atoms with Gasteiger partial charge in [-0.3, -0.25) is 0 Å². The SMILES string of the molecule is COC(=O)c1c(C)cc2c(c1O)[C@H]1[C@@H]3C(CC[C@]3(C)O2)C1(C)CCC=C(C)C. The minimum absolute atomic E-state index is 0.0627. The fraction of sp³-hybridized carbons (Fsp3) is 0.625. The van der Waals surface area contributed by atoms with Crippen LogP contribution in [0.2, 0.25) is 0 Å². The van der Waals surface area contributed by atoms with E-state index in [4.69, 9.17) is 9.47 Å². The highest BCUT2D eigenvalue weighted by Gasteiger charge is 2.70. The highest BCUT2D eigenvalue weighted by molar-refractivity contribution is 5.95. The zero-order valence-electron chi connectivity index (χ0n) is 17.9. The number of phenolic OH excluding ortho intramolecular Hbond substituents is 1. The third-order valence-electron chi connectivity index (χ3n) is 7.79. The molecule has 1 heterocycles. The number of aryl methyl sites for hydroxylation is 1. The topological polar surface area (TPSA) is 55.8 Å². The van der Waals surface area contributed by atoms with Gasteiger partial charge in [-0.1, -0.05) is 18.6 Å². The molecule has 1 aliphatic heterocycles. The molecular weight excluding hydrogens is 352 g/mol. The number of fused-ring (bicyclic) bond motifs is 2. The maximum absolute atomic E-state index is 12.3. The molecule has 0 aromatic heterocycles. The maximum atomic E-state index is 12.3. The molecule has 0 saturated heterocycles. The van der Waals surface area contributed by atoms with Crippen LogP contribution in [0.3, 0.4) is 0 Å². The predicted molar refractivity (Wildman–Crippen MR) is 109 cm³/mol. The number of esters is 1. The quantitative estimate of drug-likeness (QED) is 0.549. The van der Waals surface area contributed by atoms with Crippen LogP contribution in [0.5, 0.6) is 11.5 Å². The molecule has 3 aliphatic rings. The molecule has 0 bridgehead atoms. The molecule has 4 nitrogen and oxygen atoms in total. The Morgan fingerprint density at radius 2 is 2.11 bits per heavy atom.